The van der Waals surface area contributed by atoms with Crippen molar-refractivity contribution in [3.63, 3.8) is 0 Å². The molecule has 9 nitrogen and oxygen atoms in total. The number of benzene rings is 2. The Morgan fingerprint density at radius 2 is 1.91 bits per heavy atom. The second kappa shape index (κ2) is 11.3. The number of rotatable bonds is 10. The minimum atomic E-state index is -0.562. The van der Waals surface area contributed by atoms with E-state index in [9.17, 15) is 9.59 Å². The first-order chi connectivity index (χ1) is 15.6. The molecule has 0 saturated heterocycles. The van der Waals surface area contributed by atoms with Crippen LogP contribution in [0.1, 0.15) is 24.2 Å². The Hall–Kier alpha value is -4.14. The lowest BCUT2D eigenvalue weighted by molar-refractivity contribution is -0.139. The average Bonchev–Trinajstić information content (AvgIpc) is 3.25. The smallest absolute Gasteiger partial charge is 0.331 e. The van der Waals surface area contributed by atoms with E-state index in [4.69, 9.17) is 18.7 Å². The molecule has 0 aliphatic rings. The number of carbonyl (C=O) groups excluding carboxylic acids is 2. The van der Waals surface area contributed by atoms with Gasteiger partial charge in [0, 0.05) is 6.08 Å². The number of hydrogen-bond donors (Lipinski definition) is 1. The van der Waals surface area contributed by atoms with Gasteiger partial charge in [0.25, 0.3) is 5.89 Å². The zero-order valence-electron chi connectivity index (χ0n) is 17.7. The maximum Gasteiger partial charge on any atom is 0.331 e. The number of aromatic nitrogens is 2. The molecule has 32 heavy (non-hydrogen) atoms. The van der Waals surface area contributed by atoms with Crippen LogP contribution < -0.4 is 14.8 Å². The second-order valence-corrected chi connectivity index (χ2v) is 6.47. The Labute approximate surface area is 185 Å². The predicted molar refractivity (Wildman–Crippen MR) is 116 cm³/mol. The Bertz CT molecular complexity index is 1080. The monoisotopic (exact) mass is 437 g/mol. The summed E-state index contributed by atoms with van der Waals surface area (Å²) in [5.74, 6) is 0.668. The van der Waals surface area contributed by atoms with Crippen molar-refractivity contribution >= 4 is 23.6 Å². The summed E-state index contributed by atoms with van der Waals surface area (Å²) >= 11 is 0. The van der Waals surface area contributed by atoms with Crippen molar-refractivity contribution in [3.05, 3.63) is 71.9 Å². The quantitative estimate of drug-likeness (QED) is 0.379. The first-order valence-corrected chi connectivity index (χ1v) is 9.89. The van der Waals surface area contributed by atoms with Crippen LogP contribution in [-0.2, 0) is 27.4 Å². The van der Waals surface area contributed by atoms with Gasteiger partial charge in [-0.3, -0.25) is 4.79 Å². The number of nitrogens with one attached hydrogen (secondary N) is 1. The fraction of sp³-hybridized carbons (Fsp3) is 0.217. The van der Waals surface area contributed by atoms with E-state index in [-0.39, 0.29) is 30.7 Å². The number of methoxy groups -OCH3 is 1. The molecule has 1 amide bonds. The summed E-state index contributed by atoms with van der Waals surface area (Å²) in [5.41, 5.74) is 1.36. The van der Waals surface area contributed by atoms with Crippen LogP contribution in [0.25, 0.3) is 6.08 Å². The van der Waals surface area contributed by atoms with E-state index in [2.05, 4.69) is 15.5 Å². The molecule has 0 aliphatic heterocycles. The Kier molecular flexibility index (Phi) is 7.96. The molecule has 3 aromatic rings. The standard InChI is InChI=1S/C23H23N3O6/c1-3-30-17-11-8-16(9-12-17)10-13-23(28)31-15-22-25-20(26-32-22)14-21(27)24-18-6-4-5-7-19(18)29-2/h4-13H,3,14-15H2,1-2H3,(H,24,27)/b13-10+. The van der Waals surface area contributed by atoms with E-state index < -0.39 is 5.97 Å². The molecule has 0 radical (unpaired) electrons. The summed E-state index contributed by atoms with van der Waals surface area (Å²) < 4.78 is 20.7. The summed E-state index contributed by atoms with van der Waals surface area (Å²) in [5, 5.41) is 6.46. The van der Waals surface area contributed by atoms with Crippen molar-refractivity contribution in [3.8, 4) is 11.5 Å². The fourth-order valence-corrected chi connectivity index (χ4v) is 2.69. The number of ether oxygens (including phenoxy) is 3. The largest absolute Gasteiger partial charge is 0.495 e. The molecule has 1 aromatic heterocycles. The van der Waals surface area contributed by atoms with E-state index in [1.165, 1.54) is 13.2 Å². The van der Waals surface area contributed by atoms with Gasteiger partial charge in [-0.25, -0.2) is 4.79 Å². The highest BCUT2D eigenvalue weighted by atomic mass is 16.6. The molecule has 3 rings (SSSR count). The maximum absolute atomic E-state index is 12.2. The van der Waals surface area contributed by atoms with Crippen molar-refractivity contribution in [2.24, 2.45) is 0 Å². The fourth-order valence-electron chi connectivity index (χ4n) is 2.69. The number of nitrogens with zero attached hydrogens (tertiary/aromatic N) is 2. The SMILES string of the molecule is CCOc1ccc(/C=C/C(=O)OCc2nc(CC(=O)Nc3ccccc3OC)no2)cc1. The summed E-state index contributed by atoms with van der Waals surface area (Å²) in [4.78, 5) is 28.2. The van der Waals surface area contributed by atoms with E-state index >= 15 is 0 Å². The van der Waals surface area contributed by atoms with Crippen molar-refractivity contribution < 1.29 is 28.3 Å². The highest BCUT2D eigenvalue weighted by Gasteiger charge is 2.13. The molecule has 0 spiro atoms. The maximum atomic E-state index is 12.2. The lowest BCUT2D eigenvalue weighted by Gasteiger charge is -2.08. The van der Waals surface area contributed by atoms with Gasteiger partial charge in [-0.2, -0.15) is 4.98 Å². The van der Waals surface area contributed by atoms with Gasteiger partial charge in [-0.1, -0.05) is 29.4 Å². The number of anilines is 1. The van der Waals surface area contributed by atoms with Gasteiger partial charge in [0.2, 0.25) is 5.91 Å². The van der Waals surface area contributed by atoms with Gasteiger partial charge in [-0.05, 0) is 42.8 Å². The van der Waals surface area contributed by atoms with Crippen molar-refractivity contribution in [1.82, 2.24) is 10.1 Å². The van der Waals surface area contributed by atoms with Crippen molar-refractivity contribution in [2.75, 3.05) is 19.0 Å². The number of esters is 1. The summed E-state index contributed by atoms with van der Waals surface area (Å²) in [7, 11) is 1.52. The molecule has 0 unspecified atom stereocenters. The molecule has 9 heteroatoms. The molecule has 0 saturated carbocycles. The minimum Gasteiger partial charge on any atom is -0.495 e. The third-order valence-corrected chi connectivity index (χ3v) is 4.15. The van der Waals surface area contributed by atoms with Crippen LogP contribution in [0.3, 0.4) is 0 Å². The molecule has 0 atom stereocenters. The lowest BCUT2D eigenvalue weighted by atomic mass is 10.2. The molecule has 2 aromatic carbocycles. The number of hydrogen-bond acceptors (Lipinski definition) is 8. The van der Waals surface area contributed by atoms with Gasteiger partial charge in [-0.15, -0.1) is 0 Å². The predicted octanol–water partition coefficient (Wildman–Crippen LogP) is 3.41. The molecule has 1 heterocycles. The molecule has 0 bridgehead atoms. The van der Waals surface area contributed by atoms with E-state index in [0.717, 1.165) is 11.3 Å². The Morgan fingerprint density at radius 1 is 1.12 bits per heavy atom. The van der Waals surface area contributed by atoms with Crippen LogP contribution in [0.15, 0.2) is 59.1 Å². The average molecular weight is 437 g/mol. The molecular weight excluding hydrogens is 414 g/mol. The van der Waals surface area contributed by atoms with Gasteiger partial charge >= 0.3 is 5.97 Å². The van der Waals surface area contributed by atoms with E-state index in [1.807, 2.05) is 31.2 Å². The zero-order valence-corrected chi connectivity index (χ0v) is 17.7. The zero-order chi connectivity index (χ0) is 22.8. The van der Waals surface area contributed by atoms with Crippen LogP contribution in [0.4, 0.5) is 5.69 Å². The molecular formula is C23H23N3O6. The highest BCUT2D eigenvalue weighted by molar-refractivity contribution is 5.93. The van der Waals surface area contributed by atoms with Gasteiger partial charge in [0.05, 0.1) is 25.8 Å². The number of carbonyl (C=O) groups is 2. The summed E-state index contributed by atoms with van der Waals surface area (Å²) in [6.45, 7) is 2.30. The lowest BCUT2D eigenvalue weighted by Crippen LogP contribution is -2.15. The van der Waals surface area contributed by atoms with Crippen LogP contribution in [0.2, 0.25) is 0 Å². The topological polar surface area (TPSA) is 113 Å². The Morgan fingerprint density at radius 3 is 2.66 bits per heavy atom. The normalized spacial score (nSPS) is 10.7. The molecule has 0 aliphatic carbocycles. The molecule has 166 valence electrons. The van der Waals surface area contributed by atoms with Crippen molar-refractivity contribution in [1.29, 1.82) is 0 Å². The number of para-hydroxylation sites is 2. The third kappa shape index (κ3) is 6.69. The molecule has 1 N–H and O–H groups in total. The minimum absolute atomic E-state index is 0.0907. The van der Waals surface area contributed by atoms with Crippen molar-refractivity contribution in [2.45, 2.75) is 20.0 Å². The Balaban J connectivity index is 1.46. The van der Waals surface area contributed by atoms with E-state index in [0.29, 0.717) is 18.0 Å². The van der Waals surface area contributed by atoms with Gasteiger partial charge < -0.3 is 24.1 Å². The van der Waals surface area contributed by atoms with Gasteiger partial charge in [0.1, 0.15) is 11.5 Å². The van der Waals surface area contributed by atoms with Crippen LogP contribution in [-0.4, -0.2) is 35.7 Å². The summed E-state index contributed by atoms with van der Waals surface area (Å²) in [6, 6.07) is 14.3. The van der Waals surface area contributed by atoms with Gasteiger partial charge in [0.15, 0.2) is 12.4 Å². The third-order valence-electron chi connectivity index (χ3n) is 4.15. The first kappa shape index (κ1) is 22.5. The molecule has 0 fully saturated rings. The second-order valence-electron chi connectivity index (χ2n) is 6.47. The summed E-state index contributed by atoms with van der Waals surface area (Å²) in [6.07, 6.45) is 2.82. The van der Waals surface area contributed by atoms with Crippen LogP contribution in [0.5, 0.6) is 11.5 Å². The van der Waals surface area contributed by atoms with Crippen LogP contribution in [0, 0.1) is 0 Å². The van der Waals surface area contributed by atoms with E-state index in [1.54, 1.807) is 30.3 Å². The highest BCUT2D eigenvalue weighted by Crippen LogP contribution is 2.23. The first-order valence-electron chi connectivity index (χ1n) is 9.89. The number of amides is 1. The van der Waals surface area contributed by atoms with Crippen LogP contribution >= 0.6 is 0 Å².